The van der Waals surface area contributed by atoms with E-state index in [9.17, 15) is 4.79 Å². The second-order valence-corrected chi connectivity index (χ2v) is 6.82. The fourth-order valence-corrected chi connectivity index (χ4v) is 4.62. The summed E-state index contributed by atoms with van der Waals surface area (Å²) >= 11 is 0. The smallest absolute Gasteiger partial charge is 0.326 e. The molecule has 4 atom stereocenters. The zero-order chi connectivity index (χ0) is 15.5. The second kappa shape index (κ2) is 7.10. The van der Waals surface area contributed by atoms with Crippen LogP contribution in [0.15, 0.2) is 0 Å². The minimum atomic E-state index is -0.445. The number of esters is 1. The number of nitrogens with zero attached hydrogens (tertiary/aromatic N) is 1. The van der Waals surface area contributed by atoms with Crippen molar-refractivity contribution in [3.05, 3.63) is 0 Å². The number of likely N-dealkylation sites (tertiary alicyclic amines) is 1. The third kappa shape index (κ3) is 3.11. The van der Waals surface area contributed by atoms with E-state index in [1.54, 1.807) is 0 Å². The minimum Gasteiger partial charge on any atom is -0.468 e. The molecule has 1 heterocycles. The van der Waals surface area contributed by atoms with Gasteiger partial charge in [-0.05, 0) is 65.0 Å². The third-order valence-corrected chi connectivity index (χ3v) is 5.98. The highest BCUT2D eigenvalue weighted by Gasteiger charge is 2.48. The van der Waals surface area contributed by atoms with Crippen LogP contribution in [-0.2, 0) is 9.53 Å². The molecule has 1 aliphatic carbocycles. The number of carbonyl (C=O) groups excluding carboxylic acids is 1. The Bertz CT molecular complexity index is 361. The molecule has 0 aromatic rings. The molecule has 1 aliphatic heterocycles. The van der Waals surface area contributed by atoms with Crippen LogP contribution >= 0.6 is 0 Å². The Kier molecular flexibility index (Phi) is 5.67. The van der Waals surface area contributed by atoms with Crippen molar-refractivity contribution >= 4 is 5.97 Å². The highest BCUT2D eigenvalue weighted by molar-refractivity contribution is 5.81. The fourth-order valence-electron chi connectivity index (χ4n) is 4.62. The monoisotopic (exact) mass is 296 g/mol. The van der Waals surface area contributed by atoms with Crippen molar-refractivity contribution in [2.75, 3.05) is 20.7 Å². The normalized spacial score (nSPS) is 37.0. The highest BCUT2D eigenvalue weighted by Crippen LogP contribution is 2.39. The summed E-state index contributed by atoms with van der Waals surface area (Å²) in [6.07, 6.45) is 8.14. The number of carbonyl (C=O) groups is 1. The van der Waals surface area contributed by atoms with Gasteiger partial charge in [-0.3, -0.25) is 9.69 Å². The van der Waals surface area contributed by atoms with Crippen molar-refractivity contribution in [3.8, 4) is 0 Å². The van der Waals surface area contributed by atoms with Gasteiger partial charge in [0.05, 0.1) is 7.11 Å². The van der Waals surface area contributed by atoms with Gasteiger partial charge < -0.3 is 10.1 Å². The Balaban J connectivity index is 1.99. The first-order valence-electron chi connectivity index (χ1n) is 8.62. The van der Waals surface area contributed by atoms with Crippen molar-refractivity contribution in [2.45, 2.75) is 76.4 Å². The zero-order valence-corrected chi connectivity index (χ0v) is 14.2. The first-order valence-corrected chi connectivity index (χ1v) is 8.62. The first-order chi connectivity index (χ1) is 10.1. The van der Waals surface area contributed by atoms with Crippen LogP contribution in [0.5, 0.6) is 0 Å². The van der Waals surface area contributed by atoms with Crippen LogP contribution in [0, 0.1) is 5.92 Å². The molecule has 0 bridgehead atoms. The van der Waals surface area contributed by atoms with Crippen LogP contribution in [0.1, 0.15) is 58.8 Å². The summed E-state index contributed by atoms with van der Waals surface area (Å²) in [5.41, 5.74) is -0.445. The van der Waals surface area contributed by atoms with Crippen molar-refractivity contribution in [1.29, 1.82) is 0 Å². The van der Waals surface area contributed by atoms with Crippen LogP contribution in [0.2, 0.25) is 0 Å². The highest BCUT2D eigenvalue weighted by atomic mass is 16.5. The molecule has 0 spiro atoms. The predicted octanol–water partition coefficient (Wildman–Crippen LogP) is 2.57. The van der Waals surface area contributed by atoms with E-state index in [0.29, 0.717) is 12.0 Å². The van der Waals surface area contributed by atoms with Crippen molar-refractivity contribution in [2.24, 2.45) is 5.92 Å². The molecule has 4 nitrogen and oxygen atoms in total. The molecular formula is C17H32N2O2. The molecule has 1 N–H and O–H groups in total. The average molecular weight is 296 g/mol. The lowest BCUT2D eigenvalue weighted by molar-refractivity contribution is -0.150. The summed E-state index contributed by atoms with van der Waals surface area (Å²) in [5, 5.41) is 3.30. The molecule has 4 heteroatoms. The number of hydrogen-bond donors (Lipinski definition) is 1. The van der Waals surface area contributed by atoms with Crippen molar-refractivity contribution in [1.82, 2.24) is 10.2 Å². The molecule has 0 aromatic heterocycles. The molecule has 1 saturated carbocycles. The van der Waals surface area contributed by atoms with E-state index in [1.807, 2.05) is 7.05 Å². The van der Waals surface area contributed by atoms with E-state index in [-0.39, 0.29) is 5.97 Å². The third-order valence-electron chi connectivity index (χ3n) is 5.98. The summed E-state index contributed by atoms with van der Waals surface area (Å²) in [4.78, 5) is 14.9. The standard InChI is InChI=1S/C17H32N2O2/c1-5-15-9-8-13(2)19(15)12-10-14-7-6-11-17(14,18-3)16(20)21-4/h13-15,18H,5-12H2,1-4H3. The maximum absolute atomic E-state index is 12.3. The number of ether oxygens (including phenoxy) is 1. The van der Waals surface area contributed by atoms with Crippen LogP contribution in [0.3, 0.4) is 0 Å². The van der Waals surface area contributed by atoms with Gasteiger partial charge in [-0.1, -0.05) is 13.3 Å². The van der Waals surface area contributed by atoms with Gasteiger partial charge in [0.15, 0.2) is 0 Å². The second-order valence-electron chi connectivity index (χ2n) is 6.82. The molecule has 21 heavy (non-hydrogen) atoms. The molecule has 0 aromatic carbocycles. The van der Waals surface area contributed by atoms with Gasteiger partial charge in [0.25, 0.3) is 0 Å². The van der Waals surface area contributed by atoms with E-state index in [4.69, 9.17) is 4.74 Å². The quantitative estimate of drug-likeness (QED) is 0.765. The van der Waals surface area contributed by atoms with Gasteiger partial charge in [-0.25, -0.2) is 0 Å². The van der Waals surface area contributed by atoms with Crippen molar-refractivity contribution in [3.63, 3.8) is 0 Å². The maximum atomic E-state index is 12.3. The largest absolute Gasteiger partial charge is 0.468 e. The topological polar surface area (TPSA) is 41.6 Å². The zero-order valence-electron chi connectivity index (χ0n) is 14.2. The molecule has 2 rings (SSSR count). The number of methoxy groups -OCH3 is 1. The predicted molar refractivity (Wildman–Crippen MR) is 85.2 cm³/mol. The molecule has 4 unspecified atom stereocenters. The Morgan fingerprint density at radius 2 is 2.14 bits per heavy atom. The summed E-state index contributed by atoms with van der Waals surface area (Å²) in [6.45, 7) is 5.75. The molecule has 2 fully saturated rings. The van der Waals surface area contributed by atoms with Crippen LogP contribution in [-0.4, -0.2) is 49.2 Å². The van der Waals surface area contributed by atoms with Crippen molar-refractivity contribution < 1.29 is 9.53 Å². The molecule has 1 saturated heterocycles. The Labute approximate surface area is 129 Å². The van der Waals surface area contributed by atoms with E-state index in [1.165, 1.54) is 26.4 Å². The number of likely N-dealkylation sites (N-methyl/N-ethyl adjacent to an activating group) is 1. The van der Waals surface area contributed by atoms with Gasteiger partial charge in [-0.15, -0.1) is 0 Å². The summed E-state index contributed by atoms with van der Waals surface area (Å²) in [5.74, 6) is 0.328. The number of hydrogen-bond acceptors (Lipinski definition) is 4. The summed E-state index contributed by atoms with van der Waals surface area (Å²) in [6, 6.07) is 1.43. The molecule has 0 radical (unpaired) electrons. The minimum absolute atomic E-state index is 0.0750. The van der Waals surface area contributed by atoms with E-state index < -0.39 is 5.54 Å². The molecule has 0 amide bonds. The van der Waals surface area contributed by atoms with Crippen LogP contribution in [0.4, 0.5) is 0 Å². The van der Waals surface area contributed by atoms with Gasteiger partial charge in [0, 0.05) is 12.1 Å². The van der Waals surface area contributed by atoms with Gasteiger partial charge >= 0.3 is 5.97 Å². The lowest BCUT2D eigenvalue weighted by Gasteiger charge is -2.35. The van der Waals surface area contributed by atoms with Crippen LogP contribution < -0.4 is 5.32 Å². The first kappa shape index (κ1) is 16.8. The SMILES string of the molecule is CCC1CCC(C)N1CCC1CCCC1(NC)C(=O)OC. The van der Waals surface area contributed by atoms with Crippen LogP contribution in [0.25, 0.3) is 0 Å². The maximum Gasteiger partial charge on any atom is 0.326 e. The van der Waals surface area contributed by atoms with E-state index in [2.05, 4.69) is 24.1 Å². The molecular weight excluding hydrogens is 264 g/mol. The van der Waals surface area contributed by atoms with E-state index >= 15 is 0 Å². The Hall–Kier alpha value is -0.610. The number of nitrogens with one attached hydrogen (secondary N) is 1. The van der Waals surface area contributed by atoms with E-state index in [0.717, 1.165) is 38.3 Å². The average Bonchev–Trinajstić information content (AvgIpc) is 3.08. The summed E-state index contributed by atoms with van der Waals surface area (Å²) in [7, 11) is 3.41. The molecule has 2 aliphatic rings. The fraction of sp³-hybridized carbons (Fsp3) is 0.941. The van der Waals surface area contributed by atoms with Gasteiger partial charge in [0.2, 0.25) is 0 Å². The Morgan fingerprint density at radius 1 is 1.38 bits per heavy atom. The van der Waals surface area contributed by atoms with Gasteiger partial charge in [-0.2, -0.15) is 0 Å². The lowest BCUT2D eigenvalue weighted by Crippen LogP contribution is -2.54. The summed E-state index contributed by atoms with van der Waals surface area (Å²) < 4.78 is 5.08. The Morgan fingerprint density at radius 3 is 2.76 bits per heavy atom. The molecule has 122 valence electrons. The van der Waals surface area contributed by atoms with Gasteiger partial charge in [0.1, 0.15) is 5.54 Å². The number of rotatable bonds is 6. The lowest BCUT2D eigenvalue weighted by atomic mass is 9.84.